The minimum Gasteiger partial charge on any atom is -0.482 e. The monoisotopic (exact) mass is 678 g/mol. The van der Waals surface area contributed by atoms with Crippen molar-refractivity contribution in [2.75, 3.05) is 12.4 Å². The summed E-state index contributed by atoms with van der Waals surface area (Å²) < 4.78 is 85.2. The van der Waals surface area contributed by atoms with Gasteiger partial charge in [-0.25, -0.2) is 4.79 Å². The second-order valence-electron chi connectivity index (χ2n) is 10.9. The maximum absolute atomic E-state index is 13.3. The second-order valence-corrected chi connectivity index (χ2v) is 11.9. The third-order valence-corrected chi connectivity index (χ3v) is 8.39. The molecule has 0 saturated carbocycles. The van der Waals surface area contributed by atoms with Crippen molar-refractivity contribution in [3.8, 4) is 28.0 Å². The number of benzene rings is 5. The molecule has 0 aliphatic rings. The number of ether oxygens (including phenoxy) is 1. The summed E-state index contributed by atoms with van der Waals surface area (Å²) >= 11 is 1.53. The first-order valence-electron chi connectivity index (χ1n) is 14.6. The molecule has 0 aliphatic carbocycles. The van der Waals surface area contributed by atoms with Crippen LogP contribution in [-0.4, -0.2) is 23.4 Å². The van der Waals surface area contributed by atoms with Gasteiger partial charge in [0.25, 0.3) is 0 Å². The van der Waals surface area contributed by atoms with Gasteiger partial charge in [-0.2, -0.15) is 26.3 Å². The van der Waals surface area contributed by atoms with Crippen LogP contribution in [-0.2, 0) is 17.1 Å². The molecule has 246 valence electrons. The molecule has 0 amide bonds. The van der Waals surface area contributed by atoms with Gasteiger partial charge in [-0.15, -0.1) is 11.8 Å². The maximum atomic E-state index is 13.3. The van der Waals surface area contributed by atoms with Crippen LogP contribution in [0.3, 0.4) is 0 Å². The Morgan fingerprint density at radius 2 is 1.19 bits per heavy atom. The summed E-state index contributed by atoms with van der Waals surface area (Å²) in [4.78, 5) is 11.8. The van der Waals surface area contributed by atoms with Crippen molar-refractivity contribution >= 4 is 23.3 Å². The van der Waals surface area contributed by atoms with E-state index in [-0.39, 0.29) is 0 Å². The van der Waals surface area contributed by atoms with Gasteiger partial charge in [-0.1, -0.05) is 78.9 Å². The number of thioether (sulfide) groups is 1. The molecule has 5 aromatic carbocycles. The van der Waals surface area contributed by atoms with E-state index < -0.39 is 36.1 Å². The molecule has 3 nitrogen and oxygen atoms in total. The molecule has 10 heteroatoms. The van der Waals surface area contributed by atoms with E-state index in [1.54, 1.807) is 42.5 Å². The normalized spacial score (nSPS) is 11.6. The van der Waals surface area contributed by atoms with Crippen molar-refractivity contribution in [3.05, 3.63) is 149 Å². The van der Waals surface area contributed by atoms with E-state index in [4.69, 9.17) is 9.84 Å². The molecule has 1 N–H and O–H groups in total. The highest BCUT2D eigenvalue weighted by atomic mass is 32.2. The predicted octanol–water partition coefficient (Wildman–Crippen LogP) is 11.1. The van der Waals surface area contributed by atoms with Gasteiger partial charge < -0.3 is 9.84 Å². The van der Waals surface area contributed by atoms with E-state index in [1.165, 1.54) is 23.9 Å². The summed E-state index contributed by atoms with van der Waals surface area (Å²) in [6, 6.07) is 30.0. The van der Waals surface area contributed by atoms with E-state index in [2.05, 4.69) is 0 Å². The molecule has 5 aromatic rings. The van der Waals surface area contributed by atoms with E-state index >= 15 is 0 Å². The Balaban J connectivity index is 1.44. The topological polar surface area (TPSA) is 46.5 Å². The lowest BCUT2D eigenvalue weighted by molar-refractivity contribution is -0.139. The smallest absolute Gasteiger partial charge is 0.416 e. The van der Waals surface area contributed by atoms with Crippen LogP contribution >= 0.6 is 11.8 Å². The molecule has 0 atom stereocenters. The number of carboxylic acid groups (broad SMARTS) is 1. The van der Waals surface area contributed by atoms with Crippen molar-refractivity contribution < 1.29 is 41.0 Å². The van der Waals surface area contributed by atoms with Gasteiger partial charge in [0.05, 0.1) is 11.1 Å². The summed E-state index contributed by atoms with van der Waals surface area (Å²) in [5, 5.41) is 8.89. The van der Waals surface area contributed by atoms with Crippen LogP contribution in [0.5, 0.6) is 5.75 Å². The van der Waals surface area contributed by atoms with E-state index in [9.17, 15) is 31.1 Å². The Morgan fingerprint density at radius 1 is 0.688 bits per heavy atom. The molecule has 48 heavy (non-hydrogen) atoms. The highest BCUT2D eigenvalue weighted by Crippen LogP contribution is 2.35. The number of rotatable bonds is 10. The first-order valence-corrected chi connectivity index (χ1v) is 15.6. The van der Waals surface area contributed by atoms with Crippen molar-refractivity contribution in [3.63, 3.8) is 0 Å². The fraction of sp³-hybridized carbons (Fsp3) is 0.132. The molecule has 0 aliphatic heterocycles. The Labute approximate surface area is 277 Å². The molecule has 0 bridgehead atoms. The number of carboxylic acids is 1. The number of hydrogen-bond acceptors (Lipinski definition) is 3. The van der Waals surface area contributed by atoms with Crippen LogP contribution in [0, 0.1) is 6.92 Å². The van der Waals surface area contributed by atoms with Gasteiger partial charge in [0.15, 0.2) is 6.61 Å². The van der Waals surface area contributed by atoms with Crippen LogP contribution < -0.4 is 4.74 Å². The van der Waals surface area contributed by atoms with Gasteiger partial charge in [-0.3, -0.25) is 0 Å². The van der Waals surface area contributed by atoms with Crippen molar-refractivity contribution in [1.29, 1.82) is 0 Å². The number of halogens is 6. The van der Waals surface area contributed by atoms with Gasteiger partial charge in [0, 0.05) is 10.6 Å². The third kappa shape index (κ3) is 8.68. The Bertz CT molecular complexity index is 1830. The van der Waals surface area contributed by atoms with Crippen LogP contribution in [0.1, 0.15) is 27.8 Å². The Hall–Kier alpha value is -4.96. The van der Waals surface area contributed by atoms with Gasteiger partial charge in [0.1, 0.15) is 5.75 Å². The molecular weight excluding hydrogens is 650 g/mol. The molecule has 0 heterocycles. The number of carbonyl (C=O) groups is 1. The van der Waals surface area contributed by atoms with Crippen LogP contribution in [0.25, 0.3) is 27.8 Å². The number of aryl methyl sites for hydroxylation is 1. The highest BCUT2D eigenvalue weighted by Gasteiger charge is 2.31. The van der Waals surface area contributed by atoms with Crippen LogP contribution in [0.4, 0.5) is 26.3 Å². The minimum absolute atomic E-state index is 0.425. The number of aliphatic carboxylic acids is 1. The molecule has 0 fully saturated rings. The highest BCUT2D eigenvalue weighted by molar-refractivity contribution is 7.99. The van der Waals surface area contributed by atoms with E-state index in [0.717, 1.165) is 51.4 Å². The van der Waals surface area contributed by atoms with Gasteiger partial charge >= 0.3 is 18.3 Å². The largest absolute Gasteiger partial charge is 0.482 e. The quantitative estimate of drug-likeness (QED) is 0.118. The maximum Gasteiger partial charge on any atom is 0.416 e. The van der Waals surface area contributed by atoms with Crippen LogP contribution in [0.15, 0.2) is 126 Å². The van der Waals surface area contributed by atoms with Crippen molar-refractivity contribution in [1.82, 2.24) is 0 Å². The molecule has 5 rings (SSSR count). The van der Waals surface area contributed by atoms with Crippen molar-refractivity contribution in [2.45, 2.75) is 24.2 Å². The molecule has 0 aromatic heterocycles. The zero-order valence-corrected chi connectivity index (χ0v) is 26.2. The first-order chi connectivity index (χ1) is 22.8. The Morgan fingerprint density at radius 3 is 1.62 bits per heavy atom. The third-order valence-electron chi connectivity index (χ3n) is 7.47. The molecule has 0 spiro atoms. The first kappa shape index (κ1) is 34.4. The minimum atomic E-state index is -4.46. The van der Waals surface area contributed by atoms with Crippen LogP contribution in [0.2, 0.25) is 0 Å². The summed E-state index contributed by atoms with van der Waals surface area (Å²) in [5.41, 5.74) is 3.80. The lowest BCUT2D eigenvalue weighted by atomic mass is 9.93. The molecule has 0 radical (unpaired) electrons. The number of alkyl halides is 6. The lowest BCUT2D eigenvalue weighted by Gasteiger charge is -2.13. The Kier molecular flexibility index (Phi) is 10.3. The standard InChI is InChI=1S/C38H28F6O3S/c1-24-20-33(16-17-35(24)47-23-36(45)46)48-19-18-34(27-12-8-25(9-13-27)29-4-2-6-31(21-29)37(39,40)41)28-14-10-26(11-15-28)30-5-3-7-32(22-30)38(42,43)44/h2-18,20-22H,19,23H2,1H3,(H,45,46). The lowest BCUT2D eigenvalue weighted by Crippen LogP contribution is -2.09. The van der Waals surface area contributed by atoms with E-state index in [1.807, 2.05) is 49.4 Å². The SMILES string of the molecule is Cc1cc(SCC=C(c2ccc(-c3cccc(C(F)(F)F)c3)cc2)c2ccc(-c3cccc(C(F)(F)F)c3)cc2)ccc1OCC(=O)O. The summed E-state index contributed by atoms with van der Waals surface area (Å²) in [6.45, 7) is 1.37. The zero-order valence-electron chi connectivity index (χ0n) is 25.4. The summed E-state index contributed by atoms with van der Waals surface area (Å²) in [5.74, 6) is -0.0783. The van der Waals surface area contributed by atoms with Gasteiger partial charge in [-0.05, 0) is 93.9 Å². The summed E-state index contributed by atoms with van der Waals surface area (Å²) in [6.07, 6.45) is -6.92. The van der Waals surface area contributed by atoms with E-state index in [0.29, 0.717) is 33.8 Å². The molecule has 0 saturated heterocycles. The predicted molar refractivity (Wildman–Crippen MR) is 176 cm³/mol. The van der Waals surface area contributed by atoms with Crippen molar-refractivity contribution in [2.24, 2.45) is 0 Å². The zero-order chi connectivity index (χ0) is 34.5. The second kappa shape index (κ2) is 14.4. The van der Waals surface area contributed by atoms with Gasteiger partial charge in [0.2, 0.25) is 0 Å². The molecular formula is C38H28F6O3S. The number of hydrogen-bond donors (Lipinski definition) is 1. The fourth-order valence-corrected chi connectivity index (χ4v) is 5.94. The molecule has 0 unspecified atom stereocenters. The average molecular weight is 679 g/mol. The summed E-state index contributed by atoms with van der Waals surface area (Å²) in [7, 11) is 0. The average Bonchev–Trinajstić information content (AvgIpc) is 3.06. The fourth-order valence-electron chi connectivity index (χ4n) is 5.07.